The minimum absolute atomic E-state index is 0.0182. The molecule has 0 radical (unpaired) electrons. The van der Waals surface area contributed by atoms with Crippen LogP contribution in [0.15, 0.2) is 28.7 Å². The Labute approximate surface area is 125 Å². The van der Waals surface area contributed by atoms with E-state index in [9.17, 15) is 4.79 Å². The molecule has 1 fully saturated rings. The van der Waals surface area contributed by atoms with Crippen LogP contribution in [-0.4, -0.2) is 37.5 Å². The van der Waals surface area contributed by atoms with Crippen LogP contribution >= 0.6 is 0 Å². The van der Waals surface area contributed by atoms with E-state index in [2.05, 4.69) is 11.4 Å². The molecular weight excluding hydrogens is 264 g/mol. The second-order valence-corrected chi connectivity index (χ2v) is 5.97. The van der Waals surface area contributed by atoms with Crippen molar-refractivity contribution >= 4 is 16.9 Å². The fraction of sp³-hybridized carbons (Fsp3) is 0.471. The summed E-state index contributed by atoms with van der Waals surface area (Å²) in [6, 6.07) is 7.85. The van der Waals surface area contributed by atoms with Gasteiger partial charge in [0.25, 0.3) is 5.91 Å². The van der Waals surface area contributed by atoms with Crippen molar-refractivity contribution in [1.29, 1.82) is 0 Å². The number of carbonyl (C=O) groups excluding carboxylic acids is 1. The molecule has 0 saturated carbocycles. The monoisotopic (exact) mass is 286 g/mol. The molecule has 0 spiro atoms. The van der Waals surface area contributed by atoms with E-state index in [1.165, 1.54) is 12.0 Å². The normalized spacial score (nSPS) is 19.1. The molecule has 4 nitrogen and oxygen atoms in total. The van der Waals surface area contributed by atoms with Gasteiger partial charge in [-0.15, -0.1) is 0 Å². The van der Waals surface area contributed by atoms with E-state index in [4.69, 9.17) is 4.42 Å². The summed E-state index contributed by atoms with van der Waals surface area (Å²) in [5, 5.41) is 4.20. The maximum atomic E-state index is 12.6. The lowest BCUT2D eigenvalue weighted by Crippen LogP contribution is -2.42. The van der Waals surface area contributed by atoms with Gasteiger partial charge in [0.1, 0.15) is 5.58 Å². The molecule has 1 aliphatic heterocycles. The zero-order valence-corrected chi connectivity index (χ0v) is 12.7. The van der Waals surface area contributed by atoms with Gasteiger partial charge >= 0.3 is 0 Å². The quantitative estimate of drug-likeness (QED) is 0.943. The van der Waals surface area contributed by atoms with Gasteiger partial charge in [-0.05, 0) is 57.5 Å². The summed E-state index contributed by atoms with van der Waals surface area (Å²) < 4.78 is 5.73. The zero-order chi connectivity index (χ0) is 14.8. The third-order valence-corrected chi connectivity index (χ3v) is 4.18. The number of carbonyl (C=O) groups is 1. The molecule has 1 aromatic carbocycles. The first-order valence-corrected chi connectivity index (χ1v) is 7.61. The molecule has 1 aromatic heterocycles. The van der Waals surface area contributed by atoms with Gasteiger partial charge in [-0.1, -0.05) is 11.6 Å². The lowest BCUT2D eigenvalue weighted by Gasteiger charge is -2.32. The van der Waals surface area contributed by atoms with Gasteiger partial charge in [0.05, 0.1) is 0 Å². The Morgan fingerprint density at radius 3 is 3.10 bits per heavy atom. The number of furan rings is 1. The van der Waals surface area contributed by atoms with Crippen molar-refractivity contribution in [1.82, 2.24) is 10.2 Å². The Hall–Kier alpha value is -1.81. The van der Waals surface area contributed by atoms with Gasteiger partial charge in [-0.3, -0.25) is 4.79 Å². The Morgan fingerprint density at radius 1 is 1.43 bits per heavy atom. The van der Waals surface area contributed by atoms with Crippen LogP contribution in [0.4, 0.5) is 0 Å². The number of amides is 1. The van der Waals surface area contributed by atoms with Crippen LogP contribution in [0.2, 0.25) is 0 Å². The van der Waals surface area contributed by atoms with E-state index < -0.39 is 0 Å². The zero-order valence-electron chi connectivity index (χ0n) is 12.7. The summed E-state index contributed by atoms with van der Waals surface area (Å²) >= 11 is 0. The standard InChI is InChI=1S/C17H22N2O2/c1-12-5-6-15-14(8-12)9-16(21-15)17(20)19-7-3-4-13(11-19)10-18-2/h5-6,8-9,13,18H,3-4,7,10-11H2,1-2H3. The predicted octanol–water partition coefficient (Wildman–Crippen LogP) is 2.81. The van der Waals surface area contributed by atoms with Crippen LogP contribution in [0.3, 0.4) is 0 Å². The molecule has 1 N–H and O–H groups in total. The molecule has 2 aromatic rings. The number of piperidine rings is 1. The molecule has 3 rings (SSSR count). The first kappa shape index (κ1) is 14.1. The molecule has 4 heteroatoms. The van der Waals surface area contributed by atoms with Crippen molar-refractivity contribution < 1.29 is 9.21 Å². The SMILES string of the molecule is CNCC1CCCN(C(=O)c2cc3cc(C)ccc3o2)C1. The van der Waals surface area contributed by atoms with E-state index in [1.807, 2.05) is 37.1 Å². The maximum Gasteiger partial charge on any atom is 0.289 e. The van der Waals surface area contributed by atoms with Crippen molar-refractivity contribution in [3.63, 3.8) is 0 Å². The molecule has 0 aliphatic carbocycles. The van der Waals surface area contributed by atoms with Crippen LogP contribution in [-0.2, 0) is 0 Å². The molecule has 2 heterocycles. The number of hydrogen-bond acceptors (Lipinski definition) is 3. The average Bonchev–Trinajstić information content (AvgIpc) is 2.90. The molecule has 112 valence electrons. The van der Waals surface area contributed by atoms with Gasteiger partial charge in [-0.2, -0.15) is 0 Å². The lowest BCUT2D eigenvalue weighted by atomic mass is 9.98. The van der Waals surface area contributed by atoms with Gasteiger partial charge in [0, 0.05) is 18.5 Å². The lowest BCUT2D eigenvalue weighted by molar-refractivity contribution is 0.0644. The number of nitrogens with one attached hydrogen (secondary N) is 1. The van der Waals surface area contributed by atoms with E-state index in [1.54, 1.807) is 0 Å². The molecular formula is C17H22N2O2. The highest BCUT2D eigenvalue weighted by Gasteiger charge is 2.26. The van der Waals surface area contributed by atoms with Gasteiger partial charge in [0.15, 0.2) is 5.76 Å². The van der Waals surface area contributed by atoms with Crippen LogP contribution in [0, 0.1) is 12.8 Å². The van der Waals surface area contributed by atoms with Crippen molar-refractivity contribution in [2.75, 3.05) is 26.7 Å². The Kier molecular flexibility index (Phi) is 3.97. The summed E-state index contributed by atoms with van der Waals surface area (Å²) in [5.74, 6) is 1.02. The van der Waals surface area contributed by atoms with Crippen LogP contribution in [0.1, 0.15) is 29.0 Å². The number of likely N-dealkylation sites (tertiary alicyclic amines) is 1. The number of hydrogen-bond donors (Lipinski definition) is 1. The fourth-order valence-corrected chi connectivity index (χ4v) is 3.13. The Balaban J connectivity index is 1.79. The predicted molar refractivity (Wildman–Crippen MR) is 83.5 cm³/mol. The van der Waals surface area contributed by atoms with Crippen molar-refractivity contribution in [2.24, 2.45) is 5.92 Å². The first-order chi connectivity index (χ1) is 10.2. The van der Waals surface area contributed by atoms with E-state index in [0.717, 1.165) is 37.0 Å². The van der Waals surface area contributed by atoms with E-state index in [0.29, 0.717) is 11.7 Å². The topological polar surface area (TPSA) is 45.5 Å². The Morgan fingerprint density at radius 2 is 2.29 bits per heavy atom. The number of aryl methyl sites for hydroxylation is 1. The second kappa shape index (κ2) is 5.90. The maximum absolute atomic E-state index is 12.6. The van der Waals surface area contributed by atoms with Gasteiger partial charge in [0.2, 0.25) is 0 Å². The molecule has 1 unspecified atom stereocenters. The third kappa shape index (κ3) is 2.95. The second-order valence-electron chi connectivity index (χ2n) is 5.97. The van der Waals surface area contributed by atoms with Crippen LogP contribution < -0.4 is 5.32 Å². The van der Waals surface area contributed by atoms with E-state index in [-0.39, 0.29) is 5.91 Å². The average molecular weight is 286 g/mol. The molecule has 1 amide bonds. The first-order valence-electron chi connectivity index (χ1n) is 7.61. The number of rotatable bonds is 3. The van der Waals surface area contributed by atoms with Crippen LogP contribution in [0.25, 0.3) is 11.0 Å². The summed E-state index contributed by atoms with van der Waals surface area (Å²) in [4.78, 5) is 14.5. The highest BCUT2D eigenvalue weighted by molar-refractivity contribution is 5.96. The fourth-order valence-electron chi connectivity index (χ4n) is 3.13. The Bertz CT molecular complexity index is 645. The molecule has 1 saturated heterocycles. The number of fused-ring (bicyclic) bond motifs is 1. The van der Waals surface area contributed by atoms with Crippen molar-refractivity contribution in [3.8, 4) is 0 Å². The smallest absolute Gasteiger partial charge is 0.289 e. The van der Waals surface area contributed by atoms with Crippen LogP contribution in [0.5, 0.6) is 0 Å². The highest BCUT2D eigenvalue weighted by atomic mass is 16.3. The minimum atomic E-state index is 0.0182. The summed E-state index contributed by atoms with van der Waals surface area (Å²) in [7, 11) is 1.96. The van der Waals surface area contributed by atoms with Gasteiger partial charge < -0.3 is 14.6 Å². The largest absolute Gasteiger partial charge is 0.451 e. The third-order valence-electron chi connectivity index (χ3n) is 4.18. The van der Waals surface area contributed by atoms with E-state index >= 15 is 0 Å². The molecule has 21 heavy (non-hydrogen) atoms. The summed E-state index contributed by atoms with van der Waals surface area (Å²) in [5.41, 5.74) is 1.96. The molecule has 0 bridgehead atoms. The number of benzene rings is 1. The van der Waals surface area contributed by atoms with Crippen molar-refractivity contribution in [3.05, 3.63) is 35.6 Å². The van der Waals surface area contributed by atoms with Gasteiger partial charge in [-0.25, -0.2) is 0 Å². The highest BCUT2D eigenvalue weighted by Crippen LogP contribution is 2.24. The summed E-state index contributed by atoms with van der Waals surface area (Å²) in [6.07, 6.45) is 2.25. The molecule has 1 atom stereocenters. The summed E-state index contributed by atoms with van der Waals surface area (Å²) in [6.45, 7) is 4.65. The number of nitrogens with zero attached hydrogens (tertiary/aromatic N) is 1. The molecule has 1 aliphatic rings. The minimum Gasteiger partial charge on any atom is -0.451 e. The van der Waals surface area contributed by atoms with Crippen molar-refractivity contribution in [2.45, 2.75) is 19.8 Å².